The second-order valence-corrected chi connectivity index (χ2v) is 5.82. The van der Waals surface area contributed by atoms with E-state index in [4.69, 9.17) is 9.72 Å². The molecule has 3 heteroatoms. The van der Waals surface area contributed by atoms with E-state index in [1.807, 2.05) is 12.1 Å². The van der Waals surface area contributed by atoms with Crippen molar-refractivity contribution in [2.45, 2.75) is 45.7 Å². The van der Waals surface area contributed by atoms with Crippen molar-refractivity contribution >= 4 is 10.9 Å². The highest BCUT2D eigenvalue weighted by molar-refractivity contribution is 5.84. The lowest BCUT2D eigenvalue weighted by Gasteiger charge is -2.25. The Labute approximate surface area is 121 Å². The second-order valence-electron chi connectivity index (χ2n) is 5.82. The topological polar surface area (TPSA) is 34.1 Å². The SMILES string of the molecule is CCCC(C)(C)NCc1ccc2cccc(OC)c2n1. The highest BCUT2D eigenvalue weighted by atomic mass is 16.5. The van der Waals surface area contributed by atoms with Gasteiger partial charge >= 0.3 is 0 Å². The van der Waals surface area contributed by atoms with E-state index in [0.717, 1.165) is 35.3 Å². The summed E-state index contributed by atoms with van der Waals surface area (Å²) in [6, 6.07) is 10.2. The number of ether oxygens (including phenoxy) is 1. The van der Waals surface area contributed by atoms with Crippen LogP contribution in [0.3, 0.4) is 0 Å². The maximum atomic E-state index is 5.38. The summed E-state index contributed by atoms with van der Waals surface area (Å²) in [6.07, 6.45) is 2.34. The minimum absolute atomic E-state index is 0.145. The lowest BCUT2D eigenvalue weighted by molar-refractivity contribution is 0.355. The summed E-state index contributed by atoms with van der Waals surface area (Å²) in [5, 5.41) is 4.69. The van der Waals surface area contributed by atoms with E-state index in [1.54, 1.807) is 7.11 Å². The molecule has 0 aliphatic rings. The Balaban J connectivity index is 2.19. The van der Waals surface area contributed by atoms with Crippen molar-refractivity contribution in [2.75, 3.05) is 7.11 Å². The van der Waals surface area contributed by atoms with Crippen molar-refractivity contribution in [3.05, 3.63) is 36.0 Å². The van der Waals surface area contributed by atoms with Gasteiger partial charge in [0.05, 0.1) is 12.8 Å². The zero-order chi connectivity index (χ0) is 14.6. The maximum Gasteiger partial charge on any atom is 0.145 e. The molecule has 108 valence electrons. The molecule has 2 rings (SSSR count). The summed E-state index contributed by atoms with van der Waals surface area (Å²) in [6.45, 7) is 7.46. The zero-order valence-corrected chi connectivity index (χ0v) is 12.9. The highest BCUT2D eigenvalue weighted by Gasteiger charge is 2.15. The van der Waals surface area contributed by atoms with Gasteiger partial charge in [-0.05, 0) is 32.4 Å². The molecule has 0 fully saturated rings. The predicted molar refractivity (Wildman–Crippen MR) is 84.1 cm³/mol. The molecule has 3 nitrogen and oxygen atoms in total. The number of rotatable bonds is 6. The summed E-state index contributed by atoms with van der Waals surface area (Å²) >= 11 is 0. The van der Waals surface area contributed by atoms with Gasteiger partial charge in [-0.3, -0.25) is 0 Å². The number of hydrogen-bond donors (Lipinski definition) is 1. The van der Waals surface area contributed by atoms with E-state index in [9.17, 15) is 0 Å². The molecule has 0 bridgehead atoms. The molecular weight excluding hydrogens is 248 g/mol. The number of aromatic nitrogens is 1. The van der Waals surface area contributed by atoms with Gasteiger partial charge in [0.15, 0.2) is 0 Å². The van der Waals surface area contributed by atoms with Crippen LogP contribution in [0.5, 0.6) is 5.75 Å². The zero-order valence-electron chi connectivity index (χ0n) is 12.9. The van der Waals surface area contributed by atoms with Crippen molar-refractivity contribution in [3.8, 4) is 5.75 Å². The summed E-state index contributed by atoms with van der Waals surface area (Å²) < 4.78 is 5.38. The van der Waals surface area contributed by atoms with Crippen LogP contribution in [-0.4, -0.2) is 17.6 Å². The van der Waals surface area contributed by atoms with E-state index >= 15 is 0 Å². The van der Waals surface area contributed by atoms with Crippen LogP contribution >= 0.6 is 0 Å². The molecule has 0 radical (unpaired) electrons. The Hall–Kier alpha value is -1.61. The van der Waals surface area contributed by atoms with Gasteiger partial charge in [0.1, 0.15) is 11.3 Å². The van der Waals surface area contributed by atoms with Crippen molar-refractivity contribution < 1.29 is 4.74 Å². The van der Waals surface area contributed by atoms with E-state index in [1.165, 1.54) is 6.42 Å². The van der Waals surface area contributed by atoms with E-state index < -0.39 is 0 Å². The molecule has 0 aliphatic carbocycles. The molecule has 1 heterocycles. The van der Waals surface area contributed by atoms with Gasteiger partial charge < -0.3 is 10.1 Å². The van der Waals surface area contributed by atoms with E-state index in [0.29, 0.717) is 0 Å². The Kier molecular flexibility index (Phi) is 4.61. The molecule has 0 unspecified atom stereocenters. The molecule has 2 aromatic rings. The average molecular weight is 272 g/mol. The third kappa shape index (κ3) is 3.48. The fourth-order valence-corrected chi connectivity index (χ4v) is 2.47. The summed E-state index contributed by atoms with van der Waals surface area (Å²) in [5.41, 5.74) is 2.13. The number of methoxy groups -OCH3 is 1. The first kappa shape index (κ1) is 14.8. The smallest absolute Gasteiger partial charge is 0.145 e. The lowest BCUT2D eigenvalue weighted by atomic mass is 9.99. The quantitative estimate of drug-likeness (QED) is 0.865. The molecule has 0 saturated carbocycles. The Bertz CT molecular complexity index is 578. The normalized spacial score (nSPS) is 11.8. The molecule has 1 N–H and O–H groups in total. The van der Waals surface area contributed by atoms with Gasteiger partial charge in [-0.1, -0.05) is 31.5 Å². The van der Waals surface area contributed by atoms with Crippen LogP contribution in [0.25, 0.3) is 10.9 Å². The van der Waals surface area contributed by atoms with Crippen molar-refractivity contribution in [1.29, 1.82) is 0 Å². The van der Waals surface area contributed by atoms with Gasteiger partial charge in [0.2, 0.25) is 0 Å². The molecule has 20 heavy (non-hydrogen) atoms. The average Bonchev–Trinajstić information content (AvgIpc) is 2.44. The van der Waals surface area contributed by atoms with Gasteiger partial charge in [-0.25, -0.2) is 4.98 Å². The number of para-hydroxylation sites is 1. The first-order chi connectivity index (χ1) is 9.55. The van der Waals surface area contributed by atoms with Crippen LogP contribution in [0, 0.1) is 0 Å². The summed E-state index contributed by atoms with van der Waals surface area (Å²) in [5.74, 6) is 0.831. The number of pyridine rings is 1. The summed E-state index contributed by atoms with van der Waals surface area (Å²) in [7, 11) is 1.69. The number of benzene rings is 1. The predicted octanol–water partition coefficient (Wildman–Crippen LogP) is 3.91. The number of hydrogen-bond acceptors (Lipinski definition) is 3. The van der Waals surface area contributed by atoms with Crippen LogP contribution in [0.2, 0.25) is 0 Å². The van der Waals surface area contributed by atoms with Crippen LogP contribution in [0.15, 0.2) is 30.3 Å². The van der Waals surface area contributed by atoms with E-state index in [2.05, 4.69) is 44.3 Å². The minimum Gasteiger partial charge on any atom is -0.494 e. The molecule has 1 aromatic carbocycles. The number of nitrogens with one attached hydrogen (secondary N) is 1. The fourth-order valence-electron chi connectivity index (χ4n) is 2.47. The Morgan fingerprint density at radius 2 is 2.00 bits per heavy atom. The Morgan fingerprint density at radius 1 is 1.20 bits per heavy atom. The minimum atomic E-state index is 0.145. The monoisotopic (exact) mass is 272 g/mol. The molecule has 0 amide bonds. The molecule has 0 atom stereocenters. The first-order valence-corrected chi connectivity index (χ1v) is 7.23. The maximum absolute atomic E-state index is 5.38. The standard InChI is InChI=1S/C17H24N2O/c1-5-11-17(2,3)18-12-14-10-9-13-7-6-8-15(20-4)16(13)19-14/h6-10,18H,5,11-12H2,1-4H3. The van der Waals surface area contributed by atoms with Crippen LogP contribution in [0.4, 0.5) is 0 Å². The van der Waals surface area contributed by atoms with Crippen molar-refractivity contribution in [1.82, 2.24) is 10.3 Å². The van der Waals surface area contributed by atoms with Crippen molar-refractivity contribution in [3.63, 3.8) is 0 Å². The molecule has 1 aromatic heterocycles. The molecule has 0 saturated heterocycles. The van der Waals surface area contributed by atoms with Crippen LogP contribution < -0.4 is 10.1 Å². The molecular formula is C17H24N2O. The third-order valence-electron chi connectivity index (χ3n) is 3.58. The van der Waals surface area contributed by atoms with Crippen molar-refractivity contribution in [2.24, 2.45) is 0 Å². The Morgan fingerprint density at radius 3 is 2.70 bits per heavy atom. The second kappa shape index (κ2) is 6.23. The van der Waals surface area contributed by atoms with Crippen LogP contribution in [0.1, 0.15) is 39.3 Å². The van der Waals surface area contributed by atoms with Gasteiger partial charge in [0.25, 0.3) is 0 Å². The van der Waals surface area contributed by atoms with E-state index in [-0.39, 0.29) is 5.54 Å². The van der Waals surface area contributed by atoms with Gasteiger partial charge in [-0.2, -0.15) is 0 Å². The number of fused-ring (bicyclic) bond motifs is 1. The van der Waals surface area contributed by atoms with Gasteiger partial charge in [-0.15, -0.1) is 0 Å². The van der Waals surface area contributed by atoms with Crippen LogP contribution in [-0.2, 0) is 6.54 Å². The highest BCUT2D eigenvalue weighted by Crippen LogP contribution is 2.23. The lowest BCUT2D eigenvalue weighted by Crippen LogP contribution is -2.38. The fraction of sp³-hybridized carbons (Fsp3) is 0.471. The largest absolute Gasteiger partial charge is 0.494 e. The molecule has 0 spiro atoms. The molecule has 0 aliphatic heterocycles. The third-order valence-corrected chi connectivity index (χ3v) is 3.58. The van der Waals surface area contributed by atoms with Gasteiger partial charge in [0, 0.05) is 17.5 Å². The number of nitrogens with zero attached hydrogens (tertiary/aromatic N) is 1. The first-order valence-electron chi connectivity index (χ1n) is 7.23. The summed E-state index contributed by atoms with van der Waals surface area (Å²) in [4.78, 5) is 4.72.